The van der Waals surface area contributed by atoms with Crippen LogP contribution in [-0.2, 0) is 16.0 Å². The molecule has 2 aliphatic rings. The lowest BCUT2D eigenvalue weighted by Crippen LogP contribution is -2.57. The van der Waals surface area contributed by atoms with Crippen LogP contribution in [0.4, 0.5) is 0 Å². The Hall–Kier alpha value is -2.18. The minimum Gasteiger partial charge on any atom is -0.338 e. The first kappa shape index (κ1) is 23.0. The summed E-state index contributed by atoms with van der Waals surface area (Å²) in [5, 5.41) is 2.17. The number of aryl methyl sites for hydroxylation is 1. The Morgan fingerprint density at radius 2 is 1.81 bits per heavy atom. The topological polar surface area (TPSA) is 43.9 Å². The second kappa shape index (κ2) is 9.75. The molecule has 0 bridgehead atoms. The number of carbonyl (C=O) groups is 2. The minimum absolute atomic E-state index is 0.0664. The fourth-order valence-electron chi connectivity index (χ4n) is 4.97. The van der Waals surface area contributed by atoms with E-state index in [2.05, 4.69) is 68.3 Å². The summed E-state index contributed by atoms with van der Waals surface area (Å²) in [6, 6.07) is 11.1. The molecular weight excluding hydrogens is 418 g/mol. The lowest BCUT2D eigenvalue weighted by Gasteiger charge is -2.42. The molecule has 1 aromatic heterocycles. The molecule has 2 aromatic rings. The van der Waals surface area contributed by atoms with Gasteiger partial charge in [0.05, 0.1) is 12.6 Å². The number of nitrogens with zero attached hydrogens (tertiary/aromatic N) is 3. The van der Waals surface area contributed by atoms with Crippen molar-refractivity contribution in [3.8, 4) is 0 Å². The average Bonchev–Trinajstić information content (AvgIpc) is 3.22. The van der Waals surface area contributed by atoms with Crippen molar-refractivity contribution in [2.45, 2.75) is 52.6 Å². The van der Waals surface area contributed by atoms with Crippen LogP contribution in [0.5, 0.6) is 0 Å². The van der Waals surface area contributed by atoms with Crippen molar-refractivity contribution in [1.82, 2.24) is 14.7 Å². The normalized spacial score (nSPS) is 21.7. The number of hydrogen-bond donors (Lipinski definition) is 0. The van der Waals surface area contributed by atoms with E-state index >= 15 is 0 Å². The van der Waals surface area contributed by atoms with E-state index < -0.39 is 0 Å². The maximum atomic E-state index is 13.3. The molecular formula is C26H35N3O2S. The summed E-state index contributed by atoms with van der Waals surface area (Å²) in [5.74, 6) is 0.734. The van der Waals surface area contributed by atoms with E-state index in [0.29, 0.717) is 38.5 Å². The van der Waals surface area contributed by atoms with E-state index in [1.54, 1.807) is 0 Å². The van der Waals surface area contributed by atoms with Gasteiger partial charge in [0.15, 0.2) is 0 Å². The molecule has 1 fully saturated rings. The summed E-state index contributed by atoms with van der Waals surface area (Å²) in [6.07, 6.45) is 1.57. The number of hydrogen-bond acceptors (Lipinski definition) is 4. The van der Waals surface area contributed by atoms with Crippen molar-refractivity contribution >= 4 is 23.2 Å². The molecule has 2 amide bonds. The summed E-state index contributed by atoms with van der Waals surface area (Å²) in [7, 11) is 0. The van der Waals surface area contributed by atoms with Crippen LogP contribution in [0.15, 0.2) is 35.7 Å². The number of piperazine rings is 1. The van der Waals surface area contributed by atoms with E-state index in [0.717, 1.165) is 13.0 Å². The van der Waals surface area contributed by atoms with Crippen LogP contribution in [0.1, 0.15) is 54.8 Å². The van der Waals surface area contributed by atoms with Crippen LogP contribution in [0.2, 0.25) is 0 Å². The maximum absolute atomic E-state index is 13.3. The summed E-state index contributed by atoms with van der Waals surface area (Å²) in [4.78, 5) is 33.6. The molecule has 1 aromatic carbocycles. The van der Waals surface area contributed by atoms with Gasteiger partial charge in [-0.2, -0.15) is 0 Å². The number of fused-ring (bicyclic) bond motifs is 1. The highest BCUT2D eigenvalue weighted by atomic mass is 32.1. The van der Waals surface area contributed by atoms with Gasteiger partial charge in [-0.15, -0.1) is 11.3 Å². The lowest BCUT2D eigenvalue weighted by atomic mass is 9.92. The maximum Gasteiger partial charge on any atom is 0.236 e. The van der Waals surface area contributed by atoms with E-state index in [1.165, 1.54) is 21.6 Å². The minimum atomic E-state index is 0.0664. The van der Waals surface area contributed by atoms with Gasteiger partial charge in [-0.1, -0.05) is 43.7 Å². The Morgan fingerprint density at radius 1 is 1.06 bits per heavy atom. The number of rotatable bonds is 5. The second-order valence-corrected chi connectivity index (χ2v) is 10.7. The second-order valence-electron chi connectivity index (χ2n) is 9.71. The first-order valence-electron chi connectivity index (χ1n) is 11.8. The first-order valence-corrected chi connectivity index (χ1v) is 12.7. The van der Waals surface area contributed by atoms with Gasteiger partial charge in [-0.05, 0) is 48.8 Å². The summed E-state index contributed by atoms with van der Waals surface area (Å²) < 4.78 is 0. The smallest absolute Gasteiger partial charge is 0.236 e. The highest BCUT2D eigenvalue weighted by Gasteiger charge is 2.34. The van der Waals surface area contributed by atoms with E-state index in [1.807, 2.05) is 21.1 Å². The Balaban J connectivity index is 1.45. The third kappa shape index (κ3) is 4.91. The highest BCUT2D eigenvalue weighted by Crippen LogP contribution is 2.37. The largest absolute Gasteiger partial charge is 0.338 e. The molecule has 0 radical (unpaired) electrons. The molecule has 2 aliphatic heterocycles. The fraction of sp³-hybridized carbons (Fsp3) is 0.538. The molecule has 0 N–H and O–H groups in total. The molecule has 0 aliphatic carbocycles. The SMILES string of the molecule is Cc1ccc([C@@H]2c3ccsc3CCN2CC(=O)N2CCN(C(=O)CC(C)C)[C@@H](C)C2)cc1. The Kier molecular flexibility index (Phi) is 7.01. The molecule has 1 saturated heterocycles. The standard InChI is InChI=1S/C26H35N3O2S/c1-18(2)15-24(30)29-13-12-27(16-20(29)4)25(31)17-28-11-9-23-22(10-14-32-23)26(28)21-7-5-19(3)6-8-21/h5-8,10,14,18,20,26H,9,11-13,15-17H2,1-4H3/t20-,26+/m0/s1. The van der Waals surface area contributed by atoms with Gasteiger partial charge in [0, 0.05) is 43.5 Å². The Morgan fingerprint density at radius 3 is 2.50 bits per heavy atom. The molecule has 3 heterocycles. The van der Waals surface area contributed by atoms with Gasteiger partial charge in [0.25, 0.3) is 0 Å². The Labute approximate surface area is 196 Å². The summed E-state index contributed by atoms with van der Waals surface area (Å²) in [6.45, 7) is 11.5. The van der Waals surface area contributed by atoms with Crippen molar-refractivity contribution in [3.63, 3.8) is 0 Å². The monoisotopic (exact) mass is 453 g/mol. The molecule has 4 rings (SSSR count). The first-order chi connectivity index (χ1) is 15.3. The average molecular weight is 454 g/mol. The van der Waals surface area contributed by atoms with Gasteiger partial charge in [-0.25, -0.2) is 0 Å². The summed E-state index contributed by atoms with van der Waals surface area (Å²) in [5.41, 5.74) is 3.84. The molecule has 5 nitrogen and oxygen atoms in total. The van der Waals surface area contributed by atoms with Crippen LogP contribution >= 0.6 is 11.3 Å². The predicted molar refractivity (Wildman–Crippen MR) is 130 cm³/mol. The predicted octanol–water partition coefficient (Wildman–Crippen LogP) is 4.11. The van der Waals surface area contributed by atoms with Crippen molar-refractivity contribution in [3.05, 3.63) is 57.3 Å². The zero-order chi connectivity index (χ0) is 22.8. The number of thiophene rings is 1. The van der Waals surface area contributed by atoms with Crippen LogP contribution < -0.4 is 0 Å². The summed E-state index contributed by atoms with van der Waals surface area (Å²) >= 11 is 1.82. The third-order valence-corrected chi connectivity index (χ3v) is 7.68. The van der Waals surface area contributed by atoms with Gasteiger partial charge in [0.2, 0.25) is 11.8 Å². The van der Waals surface area contributed by atoms with E-state index in [4.69, 9.17) is 0 Å². The molecule has 2 atom stereocenters. The zero-order valence-corrected chi connectivity index (χ0v) is 20.5. The molecule has 0 unspecified atom stereocenters. The van der Waals surface area contributed by atoms with Gasteiger partial charge >= 0.3 is 0 Å². The number of amides is 2. The van der Waals surface area contributed by atoms with Crippen LogP contribution in [0.25, 0.3) is 0 Å². The van der Waals surface area contributed by atoms with Crippen LogP contribution in [0.3, 0.4) is 0 Å². The Bertz CT molecular complexity index is 952. The van der Waals surface area contributed by atoms with Crippen molar-refractivity contribution in [2.24, 2.45) is 5.92 Å². The van der Waals surface area contributed by atoms with Gasteiger partial charge < -0.3 is 9.80 Å². The highest BCUT2D eigenvalue weighted by molar-refractivity contribution is 7.10. The van der Waals surface area contributed by atoms with Crippen molar-refractivity contribution in [2.75, 3.05) is 32.7 Å². The quantitative estimate of drug-likeness (QED) is 0.684. The van der Waals surface area contributed by atoms with Gasteiger partial charge in [0.1, 0.15) is 0 Å². The van der Waals surface area contributed by atoms with Crippen molar-refractivity contribution in [1.29, 1.82) is 0 Å². The lowest BCUT2D eigenvalue weighted by molar-refractivity contribution is -0.143. The molecule has 0 saturated carbocycles. The number of carbonyl (C=O) groups excluding carboxylic acids is 2. The van der Waals surface area contributed by atoms with Gasteiger partial charge in [-0.3, -0.25) is 14.5 Å². The third-order valence-electron chi connectivity index (χ3n) is 6.68. The number of benzene rings is 1. The zero-order valence-electron chi connectivity index (χ0n) is 19.7. The van der Waals surface area contributed by atoms with Crippen molar-refractivity contribution < 1.29 is 9.59 Å². The van der Waals surface area contributed by atoms with E-state index in [-0.39, 0.29) is 23.9 Å². The van der Waals surface area contributed by atoms with Crippen LogP contribution in [-0.4, -0.2) is 65.3 Å². The van der Waals surface area contributed by atoms with Crippen LogP contribution in [0, 0.1) is 12.8 Å². The molecule has 32 heavy (non-hydrogen) atoms. The molecule has 6 heteroatoms. The van der Waals surface area contributed by atoms with E-state index in [9.17, 15) is 9.59 Å². The molecule has 0 spiro atoms. The fourth-order valence-corrected chi connectivity index (χ4v) is 5.88. The molecule has 172 valence electrons.